The minimum atomic E-state index is 0. The zero-order valence-corrected chi connectivity index (χ0v) is 15.3. The first-order valence-electron chi connectivity index (χ1n) is 7.40. The van der Waals surface area contributed by atoms with Crippen LogP contribution in [0.5, 0.6) is 5.75 Å². The summed E-state index contributed by atoms with van der Waals surface area (Å²) in [4.78, 5) is 2.48. The van der Waals surface area contributed by atoms with E-state index in [0.717, 1.165) is 49.4 Å². The zero-order valence-electron chi connectivity index (χ0n) is 12.9. The van der Waals surface area contributed by atoms with E-state index in [1.807, 2.05) is 6.07 Å². The van der Waals surface area contributed by atoms with Crippen LogP contribution in [0, 0.1) is 5.41 Å². The maximum absolute atomic E-state index is 5.88. The molecule has 0 spiro atoms. The molecule has 0 amide bonds. The molecule has 0 bridgehead atoms. The van der Waals surface area contributed by atoms with Crippen LogP contribution in [0.25, 0.3) is 0 Å². The summed E-state index contributed by atoms with van der Waals surface area (Å²) in [5.41, 5.74) is 7.42. The van der Waals surface area contributed by atoms with Crippen molar-refractivity contribution in [1.29, 1.82) is 0 Å². The Bertz CT molecular complexity index is 458. The van der Waals surface area contributed by atoms with Crippen LogP contribution in [0.15, 0.2) is 22.7 Å². The SMILES string of the molecule is CCCOc1ccc(Br)cc1CN1CCC(C)(CN)C1.Cl. The van der Waals surface area contributed by atoms with Gasteiger partial charge in [-0.1, -0.05) is 29.8 Å². The van der Waals surface area contributed by atoms with E-state index in [2.05, 4.69) is 46.8 Å². The molecule has 1 atom stereocenters. The highest BCUT2D eigenvalue weighted by molar-refractivity contribution is 9.10. The molecule has 1 saturated heterocycles. The van der Waals surface area contributed by atoms with E-state index in [9.17, 15) is 0 Å². The van der Waals surface area contributed by atoms with Gasteiger partial charge in [0.05, 0.1) is 6.61 Å². The van der Waals surface area contributed by atoms with Crippen LogP contribution in [0.1, 0.15) is 32.3 Å². The van der Waals surface area contributed by atoms with E-state index in [4.69, 9.17) is 10.5 Å². The minimum absolute atomic E-state index is 0. The maximum Gasteiger partial charge on any atom is 0.123 e. The van der Waals surface area contributed by atoms with E-state index in [1.54, 1.807) is 0 Å². The van der Waals surface area contributed by atoms with Crippen molar-refractivity contribution in [3.63, 3.8) is 0 Å². The Labute approximate surface area is 142 Å². The first-order chi connectivity index (χ1) is 9.56. The van der Waals surface area contributed by atoms with Gasteiger partial charge >= 0.3 is 0 Å². The van der Waals surface area contributed by atoms with Gasteiger partial charge < -0.3 is 10.5 Å². The Morgan fingerprint density at radius 1 is 1.43 bits per heavy atom. The molecular formula is C16H26BrClN2O. The van der Waals surface area contributed by atoms with Gasteiger partial charge in [-0.2, -0.15) is 0 Å². The summed E-state index contributed by atoms with van der Waals surface area (Å²) in [7, 11) is 0. The number of hydrogen-bond donors (Lipinski definition) is 1. The molecule has 21 heavy (non-hydrogen) atoms. The molecule has 1 fully saturated rings. The molecule has 1 unspecified atom stereocenters. The van der Waals surface area contributed by atoms with Crippen molar-refractivity contribution in [1.82, 2.24) is 4.90 Å². The fourth-order valence-corrected chi connectivity index (χ4v) is 3.10. The molecule has 3 nitrogen and oxygen atoms in total. The Morgan fingerprint density at radius 3 is 2.81 bits per heavy atom. The van der Waals surface area contributed by atoms with Gasteiger partial charge in [0, 0.05) is 23.1 Å². The molecule has 120 valence electrons. The summed E-state index contributed by atoms with van der Waals surface area (Å²) in [6.45, 7) is 9.08. The van der Waals surface area contributed by atoms with Crippen molar-refractivity contribution >= 4 is 28.3 Å². The number of rotatable bonds is 6. The number of hydrogen-bond acceptors (Lipinski definition) is 3. The number of nitrogens with zero attached hydrogens (tertiary/aromatic N) is 1. The van der Waals surface area contributed by atoms with Crippen LogP contribution >= 0.6 is 28.3 Å². The molecule has 0 aliphatic carbocycles. The molecule has 2 N–H and O–H groups in total. The quantitative estimate of drug-likeness (QED) is 0.819. The second-order valence-electron chi connectivity index (χ2n) is 6.08. The Balaban J connectivity index is 0.00000220. The van der Waals surface area contributed by atoms with Crippen LogP contribution in [0.4, 0.5) is 0 Å². The summed E-state index contributed by atoms with van der Waals surface area (Å²) in [5.74, 6) is 1.01. The molecule has 1 aliphatic rings. The molecule has 0 radical (unpaired) electrons. The van der Waals surface area contributed by atoms with Gasteiger partial charge in [0.1, 0.15) is 5.75 Å². The Kier molecular flexibility index (Phi) is 7.48. The number of likely N-dealkylation sites (tertiary alicyclic amines) is 1. The van der Waals surface area contributed by atoms with Crippen LogP contribution < -0.4 is 10.5 Å². The summed E-state index contributed by atoms with van der Waals surface area (Å²) in [5, 5.41) is 0. The number of nitrogens with two attached hydrogens (primary N) is 1. The Hall–Kier alpha value is -0.290. The normalized spacial score (nSPS) is 22.1. The lowest BCUT2D eigenvalue weighted by molar-refractivity contribution is 0.264. The second-order valence-corrected chi connectivity index (χ2v) is 6.99. The topological polar surface area (TPSA) is 38.5 Å². The van der Waals surface area contributed by atoms with Gasteiger partial charge in [-0.15, -0.1) is 12.4 Å². The highest BCUT2D eigenvalue weighted by Crippen LogP contribution is 2.32. The molecule has 1 aromatic rings. The first-order valence-corrected chi connectivity index (χ1v) is 8.19. The van der Waals surface area contributed by atoms with Gasteiger partial charge in [-0.25, -0.2) is 0 Å². The second kappa shape index (κ2) is 8.37. The average Bonchev–Trinajstić information content (AvgIpc) is 2.80. The number of halogens is 2. The molecule has 2 rings (SSSR count). The van der Waals surface area contributed by atoms with Crippen molar-refractivity contribution in [3.8, 4) is 5.75 Å². The van der Waals surface area contributed by atoms with Crippen LogP contribution in [-0.4, -0.2) is 31.1 Å². The van der Waals surface area contributed by atoms with Crippen molar-refractivity contribution in [2.24, 2.45) is 11.1 Å². The lowest BCUT2D eigenvalue weighted by Gasteiger charge is -2.23. The van der Waals surface area contributed by atoms with Gasteiger partial charge in [-0.3, -0.25) is 4.90 Å². The van der Waals surface area contributed by atoms with Gasteiger partial charge in [0.2, 0.25) is 0 Å². The highest BCUT2D eigenvalue weighted by Gasteiger charge is 2.32. The molecule has 1 heterocycles. The summed E-state index contributed by atoms with van der Waals surface area (Å²) < 4.78 is 6.97. The van der Waals surface area contributed by atoms with E-state index < -0.39 is 0 Å². The monoisotopic (exact) mass is 376 g/mol. The van der Waals surface area contributed by atoms with E-state index in [0.29, 0.717) is 0 Å². The van der Waals surface area contributed by atoms with Gasteiger partial charge in [0.25, 0.3) is 0 Å². The van der Waals surface area contributed by atoms with Gasteiger partial charge in [-0.05, 0) is 49.5 Å². The third-order valence-corrected chi connectivity index (χ3v) is 4.50. The molecule has 0 saturated carbocycles. The zero-order chi connectivity index (χ0) is 14.6. The summed E-state index contributed by atoms with van der Waals surface area (Å²) in [6, 6.07) is 6.28. The number of benzene rings is 1. The maximum atomic E-state index is 5.88. The summed E-state index contributed by atoms with van der Waals surface area (Å²) in [6.07, 6.45) is 2.22. The van der Waals surface area contributed by atoms with Crippen LogP contribution in [0.3, 0.4) is 0 Å². The lowest BCUT2D eigenvalue weighted by Crippen LogP contribution is -2.31. The van der Waals surface area contributed by atoms with Crippen molar-refractivity contribution in [2.75, 3.05) is 26.2 Å². The Morgan fingerprint density at radius 2 is 2.19 bits per heavy atom. The van der Waals surface area contributed by atoms with Crippen molar-refractivity contribution in [3.05, 3.63) is 28.2 Å². The molecule has 1 aromatic carbocycles. The highest BCUT2D eigenvalue weighted by atomic mass is 79.9. The first kappa shape index (κ1) is 18.8. The van der Waals surface area contributed by atoms with Crippen molar-refractivity contribution < 1.29 is 4.74 Å². The fraction of sp³-hybridized carbons (Fsp3) is 0.625. The van der Waals surface area contributed by atoms with Gasteiger partial charge in [0.15, 0.2) is 0 Å². The smallest absolute Gasteiger partial charge is 0.123 e. The van der Waals surface area contributed by atoms with E-state index in [-0.39, 0.29) is 17.8 Å². The summed E-state index contributed by atoms with van der Waals surface area (Å²) >= 11 is 3.56. The van der Waals surface area contributed by atoms with Crippen molar-refractivity contribution in [2.45, 2.75) is 33.2 Å². The molecular weight excluding hydrogens is 352 g/mol. The fourth-order valence-electron chi connectivity index (χ4n) is 2.69. The minimum Gasteiger partial charge on any atom is -0.493 e. The predicted molar refractivity (Wildman–Crippen MR) is 94.2 cm³/mol. The van der Waals surface area contributed by atoms with Crippen LogP contribution in [-0.2, 0) is 6.54 Å². The third kappa shape index (κ3) is 5.13. The van der Waals surface area contributed by atoms with E-state index >= 15 is 0 Å². The number of ether oxygens (including phenoxy) is 1. The molecule has 0 aromatic heterocycles. The lowest BCUT2D eigenvalue weighted by atomic mass is 9.90. The molecule has 5 heteroatoms. The molecule has 1 aliphatic heterocycles. The standard InChI is InChI=1S/C16H25BrN2O.ClH/c1-3-8-20-15-5-4-14(17)9-13(15)10-19-7-6-16(2,11-18)12-19;/h4-5,9H,3,6-8,10-12,18H2,1-2H3;1H. The van der Waals surface area contributed by atoms with Crippen LogP contribution in [0.2, 0.25) is 0 Å². The third-order valence-electron chi connectivity index (χ3n) is 4.01. The largest absolute Gasteiger partial charge is 0.493 e. The van der Waals surface area contributed by atoms with E-state index in [1.165, 1.54) is 12.0 Å². The average molecular weight is 378 g/mol. The predicted octanol–water partition coefficient (Wildman–Crippen LogP) is 3.83.